The number of benzene rings is 1. The van der Waals surface area contributed by atoms with Gasteiger partial charge in [-0.3, -0.25) is 4.79 Å². The van der Waals surface area contributed by atoms with Crippen LogP contribution in [0.3, 0.4) is 0 Å². The lowest BCUT2D eigenvalue weighted by molar-refractivity contribution is -0.123. The van der Waals surface area contributed by atoms with Gasteiger partial charge in [0.1, 0.15) is 11.5 Å². The summed E-state index contributed by atoms with van der Waals surface area (Å²) < 4.78 is 5.74. The van der Waals surface area contributed by atoms with Gasteiger partial charge in [0.25, 0.3) is 0 Å². The monoisotopic (exact) mass is 356 g/mol. The zero-order valence-electron chi connectivity index (χ0n) is 14.2. The summed E-state index contributed by atoms with van der Waals surface area (Å²) in [5, 5.41) is 4.76. The SMILES string of the molecule is C[C@]12CCCC[C@H]1[C@@H]2C(=O)N/N=C/c1ccc(-c2ccc(Cl)cc2)o1. The van der Waals surface area contributed by atoms with Crippen molar-refractivity contribution in [1.29, 1.82) is 0 Å². The first-order chi connectivity index (χ1) is 12.1. The van der Waals surface area contributed by atoms with Crippen molar-refractivity contribution in [3.05, 3.63) is 47.2 Å². The summed E-state index contributed by atoms with van der Waals surface area (Å²) in [7, 11) is 0. The minimum atomic E-state index is 0.0372. The molecule has 5 heteroatoms. The minimum absolute atomic E-state index is 0.0372. The molecule has 4 rings (SSSR count). The minimum Gasteiger partial charge on any atom is -0.455 e. The Balaban J connectivity index is 1.37. The molecule has 4 nitrogen and oxygen atoms in total. The number of hydrogen-bond donors (Lipinski definition) is 1. The number of rotatable bonds is 4. The number of carbonyl (C=O) groups excluding carboxylic acids is 1. The Morgan fingerprint density at radius 2 is 2.08 bits per heavy atom. The van der Waals surface area contributed by atoms with Crippen LogP contribution in [0.1, 0.15) is 38.4 Å². The molecule has 2 aromatic rings. The Kier molecular flexibility index (Phi) is 4.16. The van der Waals surface area contributed by atoms with Crippen molar-refractivity contribution >= 4 is 23.7 Å². The van der Waals surface area contributed by atoms with Crippen molar-refractivity contribution in [2.75, 3.05) is 0 Å². The van der Waals surface area contributed by atoms with E-state index in [4.69, 9.17) is 16.0 Å². The number of nitrogens with one attached hydrogen (secondary N) is 1. The van der Waals surface area contributed by atoms with E-state index < -0.39 is 0 Å². The van der Waals surface area contributed by atoms with Crippen LogP contribution < -0.4 is 5.43 Å². The Morgan fingerprint density at radius 1 is 1.28 bits per heavy atom. The summed E-state index contributed by atoms with van der Waals surface area (Å²) in [5.41, 5.74) is 3.83. The molecule has 0 bridgehead atoms. The molecule has 1 N–H and O–H groups in total. The topological polar surface area (TPSA) is 54.6 Å². The van der Waals surface area contributed by atoms with Crippen LogP contribution >= 0.6 is 11.6 Å². The number of halogens is 1. The smallest absolute Gasteiger partial charge is 0.244 e. The van der Waals surface area contributed by atoms with Gasteiger partial charge in [0.2, 0.25) is 5.91 Å². The third-order valence-corrected chi connectivity index (χ3v) is 5.99. The molecule has 0 saturated heterocycles. The van der Waals surface area contributed by atoms with E-state index in [0.717, 1.165) is 17.7 Å². The van der Waals surface area contributed by atoms with Crippen LogP contribution in [0, 0.1) is 17.3 Å². The third-order valence-electron chi connectivity index (χ3n) is 5.74. The molecule has 2 aliphatic rings. The van der Waals surface area contributed by atoms with Gasteiger partial charge in [-0.1, -0.05) is 31.4 Å². The first-order valence-electron chi connectivity index (χ1n) is 8.77. The number of amides is 1. The maximum Gasteiger partial charge on any atom is 0.244 e. The average molecular weight is 357 g/mol. The molecule has 2 fully saturated rings. The van der Waals surface area contributed by atoms with E-state index in [1.807, 2.05) is 36.4 Å². The fourth-order valence-electron chi connectivity index (χ4n) is 4.27. The molecule has 2 aliphatic carbocycles. The number of nitrogens with zero attached hydrogens (tertiary/aromatic N) is 1. The maximum atomic E-state index is 12.4. The second kappa shape index (κ2) is 6.34. The normalized spacial score (nSPS) is 27.9. The summed E-state index contributed by atoms with van der Waals surface area (Å²) in [6.07, 6.45) is 6.35. The Labute approximate surface area is 152 Å². The molecule has 25 heavy (non-hydrogen) atoms. The van der Waals surface area contributed by atoms with E-state index in [0.29, 0.717) is 16.7 Å². The fraction of sp³-hybridized carbons (Fsp3) is 0.400. The molecular formula is C20H21ClN2O2. The number of hydrazone groups is 1. The highest BCUT2D eigenvalue weighted by molar-refractivity contribution is 6.30. The second-order valence-corrected chi connectivity index (χ2v) is 7.72. The molecular weight excluding hydrogens is 336 g/mol. The summed E-state index contributed by atoms with van der Waals surface area (Å²) >= 11 is 5.90. The predicted octanol–water partition coefficient (Wildman–Crippen LogP) is 4.88. The zero-order chi connectivity index (χ0) is 17.4. The van der Waals surface area contributed by atoms with Crippen LogP contribution in [0.15, 0.2) is 45.9 Å². The Bertz CT molecular complexity index is 811. The Morgan fingerprint density at radius 3 is 2.80 bits per heavy atom. The number of hydrogen-bond acceptors (Lipinski definition) is 3. The van der Waals surface area contributed by atoms with Crippen molar-refractivity contribution in [2.45, 2.75) is 32.6 Å². The van der Waals surface area contributed by atoms with Gasteiger partial charge in [-0.25, -0.2) is 5.43 Å². The van der Waals surface area contributed by atoms with Crippen molar-refractivity contribution in [3.8, 4) is 11.3 Å². The highest BCUT2D eigenvalue weighted by Crippen LogP contribution is 2.66. The molecule has 1 amide bonds. The standard InChI is InChI=1S/C20H21ClN2O2/c1-20-11-3-2-4-16(20)18(20)19(24)23-22-12-15-9-10-17(25-15)13-5-7-14(21)8-6-13/h5-10,12,16,18H,2-4,11H2,1H3,(H,23,24)/b22-12+/t16-,18+,20-/m0/s1. The lowest BCUT2D eigenvalue weighted by Crippen LogP contribution is -2.22. The van der Waals surface area contributed by atoms with Gasteiger partial charge < -0.3 is 4.42 Å². The molecule has 0 spiro atoms. The lowest BCUT2D eigenvalue weighted by Gasteiger charge is -2.15. The lowest BCUT2D eigenvalue weighted by atomic mass is 9.90. The van der Waals surface area contributed by atoms with E-state index in [2.05, 4.69) is 17.5 Å². The quantitative estimate of drug-likeness (QED) is 0.627. The average Bonchev–Trinajstić information content (AvgIpc) is 2.96. The van der Waals surface area contributed by atoms with Crippen LogP contribution in [-0.4, -0.2) is 12.1 Å². The first-order valence-corrected chi connectivity index (χ1v) is 9.14. The van der Waals surface area contributed by atoms with Crippen molar-refractivity contribution in [2.24, 2.45) is 22.4 Å². The molecule has 0 aliphatic heterocycles. The number of carbonyl (C=O) groups is 1. The van der Waals surface area contributed by atoms with Gasteiger partial charge in [0, 0.05) is 16.5 Å². The molecule has 1 aromatic carbocycles. The molecule has 0 radical (unpaired) electrons. The molecule has 0 unspecified atom stereocenters. The van der Waals surface area contributed by atoms with Gasteiger partial charge >= 0.3 is 0 Å². The van der Waals surface area contributed by atoms with Crippen molar-refractivity contribution in [3.63, 3.8) is 0 Å². The van der Waals surface area contributed by atoms with E-state index in [9.17, 15) is 4.79 Å². The van der Waals surface area contributed by atoms with E-state index >= 15 is 0 Å². The highest BCUT2D eigenvalue weighted by atomic mass is 35.5. The van der Waals surface area contributed by atoms with Crippen LogP contribution in [0.5, 0.6) is 0 Å². The second-order valence-electron chi connectivity index (χ2n) is 7.28. The van der Waals surface area contributed by atoms with Crippen molar-refractivity contribution in [1.82, 2.24) is 5.43 Å². The van der Waals surface area contributed by atoms with Crippen molar-refractivity contribution < 1.29 is 9.21 Å². The highest BCUT2D eigenvalue weighted by Gasteiger charge is 2.64. The van der Waals surface area contributed by atoms with Crippen LogP contribution in [0.25, 0.3) is 11.3 Å². The van der Waals surface area contributed by atoms with Gasteiger partial charge in [0.15, 0.2) is 0 Å². The van der Waals surface area contributed by atoms with Crippen LogP contribution in [0.2, 0.25) is 5.02 Å². The van der Waals surface area contributed by atoms with Gasteiger partial charge in [-0.05, 0) is 60.6 Å². The summed E-state index contributed by atoms with van der Waals surface area (Å²) in [5.74, 6) is 2.04. The molecule has 1 heterocycles. The largest absolute Gasteiger partial charge is 0.455 e. The third kappa shape index (κ3) is 3.11. The first kappa shape index (κ1) is 16.4. The van der Waals surface area contributed by atoms with Crippen LogP contribution in [0.4, 0.5) is 0 Å². The van der Waals surface area contributed by atoms with Gasteiger partial charge in [-0.15, -0.1) is 0 Å². The maximum absolute atomic E-state index is 12.4. The van der Waals surface area contributed by atoms with E-state index in [1.165, 1.54) is 19.3 Å². The van der Waals surface area contributed by atoms with Gasteiger partial charge in [0.05, 0.1) is 6.21 Å². The predicted molar refractivity (Wildman–Crippen MR) is 98.4 cm³/mol. The Hall–Kier alpha value is -2.07. The summed E-state index contributed by atoms with van der Waals surface area (Å²) in [6, 6.07) is 11.2. The fourth-order valence-corrected chi connectivity index (χ4v) is 4.40. The van der Waals surface area contributed by atoms with Gasteiger partial charge in [-0.2, -0.15) is 5.10 Å². The molecule has 3 atom stereocenters. The summed E-state index contributed by atoms with van der Waals surface area (Å²) in [6.45, 7) is 2.23. The number of furan rings is 1. The molecule has 1 aromatic heterocycles. The van der Waals surface area contributed by atoms with Crippen LogP contribution in [-0.2, 0) is 4.79 Å². The van der Waals surface area contributed by atoms with E-state index in [1.54, 1.807) is 6.21 Å². The molecule has 2 saturated carbocycles. The molecule has 130 valence electrons. The zero-order valence-corrected chi connectivity index (χ0v) is 14.9. The summed E-state index contributed by atoms with van der Waals surface area (Å²) in [4.78, 5) is 12.4. The number of fused-ring (bicyclic) bond motifs is 1. The van der Waals surface area contributed by atoms with E-state index in [-0.39, 0.29) is 17.2 Å².